The molecule has 0 saturated heterocycles. The van der Waals surface area contributed by atoms with Crippen molar-refractivity contribution in [2.45, 2.75) is 0 Å². The number of fused-ring (bicyclic) bond motifs is 4. The predicted octanol–water partition coefficient (Wildman–Crippen LogP) is 3.87. The van der Waals surface area contributed by atoms with Crippen LogP contribution in [-0.4, -0.2) is 15.3 Å². The third-order valence-corrected chi connectivity index (χ3v) is 5.24. The summed E-state index contributed by atoms with van der Waals surface area (Å²) in [6.07, 6.45) is 3.78. The second kappa shape index (κ2) is 5.30. The predicted molar refractivity (Wildman–Crippen MR) is 103 cm³/mol. The zero-order chi connectivity index (χ0) is 17.8. The van der Waals surface area contributed by atoms with E-state index in [4.69, 9.17) is 0 Å². The Hall–Kier alpha value is -3.40. The van der Waals surface area contributed by atoms with Gasteiger partial charge in [0.25, 0.3) is 11.5 Å². The molecule has 0 bridgehead atoms. The van der Waals surface area contributed by atoms with Crippen LogP contribution in [0.1, 0.15) is 16.1 Å². The van der Waals surface area contributed by atoms with Gasteiger partial charge < -0.3 is 9.55 Å². The summed E-state index contributed by atoms with van der Waals surface area (Å²) in [6, 6.07) is 18.3. The van der Waals surface area contributed by atoms with Crippen LogP contribution in [0.5, 0.6) is 0 Å². The summed E-state index contributed by atoms with van der Waals surface area (Å²) < 4.78 is 4.04. The minimum atomic E-state index is 0.0291. The lowest BCUT2D eigenvalue weighted by molar-refractivity contribution is -0.672. The molecule has 4 heteroatoms. The second-order valence-electron chi connectivity index (χ2n) is 6.69. The maximum Gasteiger partial charge on any atom is 0.278 e. The number of H-pyrrole nitrogens is 1. The molecule has 26 heavy (non-hydrogen) atoms. The van der Waals surface area contributed by atoms with E-state index >= 15 is 0 Å². The van der Waals surface area contributed by atoms with Gasteiger partial charge in [0.1, 0.15) is 12.6 Å². The fourth-order valence-electron chi connectivity index (χ4n) is 3.96. The van der Waals surface area contributed by atoms with E-state index in [9.17, 15) is 4.79 Å². The Kier molecular flexibility index (Phi) is 3.04. The number of carbonyl (C=O) groups is 1. The molecule has 4 nitrogen and oxygen atoms in total. The first-order valence-electron chi connectivity index (χ1n) is 8.63. The van der Waals surface area contributed by atoms with Crippen LogP contribution < -0.4 is 4.57 Å². The van der Waals surface area contributed by atoms with Crippen LogP contribution in [0.4, 0.5) is 0 Å². The van der Waals surface area contributed by atoms with E-state index in [0.717, 1.165) is 27.3 Å². The number of carbonyl (C=O) groups excluding carboxylic acids is 1. The number of aryl methyl sites for hydroxylation is 2. The molecule has 0 radical (unpaired) electrons. The highest BCUT2D eigenvalue weighted by Gasteiger charge is 2.28. The highest BCUT2D eigenvalue weighted by atomic mass is 16.1. The Labute approximate surface area is 150 Å². The van der Waals surface area contributed by atoms with Crippen molar-refractivity contribution in [1.82, 2.24) is 9.55 Å². The third-order valence-electron chi connectivity index (χ3n) is 5.24. The Balaban J connectivity index is 1.86. The minimum absolute atomic E-state index is 0.0291. The maximum atomic E-state index is 13.5. The molecule has 5 rings (SSSR count). The van der Waals surface area contributed by atoms with E-state index in [1.54, 1.807) is 0 Å². The van der Waals surface area contributed by atoms with Crippen molar-refractivity contribution in [2.24, 2.45) is 14.1 Å². The molecular weight excluding hydrogens is 322 g/mol. The number of nitrogens with one attached hydrogen (secondary N) is 1. The SMILES string of the molecule is Cn1c2ccccc2c2cc[n+](C)c(C(=O)c3c[nH]c4ccccc34)c21. The van der Waals surface area contributed by atoms with Gasteiger partial charge in [0.05, 0.1) is 5.56 Å². The summed E-state index contributed by atoms with van der Waals surface area (Å²) in [7, 11) is 3.95. The van der Waals surface area contributed by atoms with Gasteiger partial charge in [-0.05, 0) is 12.1 Å². The largest absolute Gasteiger partial charge is 0.360 e. The molecule has 0 spiro atoms. The van der Waals surface area contributed by atoms with E-state index in [1.807, 2.05) is 67.5 Å². The van der Waals surface area contributed by atoms with Crippen molar-refractivity contribution < 1.29 is 9.36 Å². The van der Waals surface area contributed by atoms with Crippen molar-refractivity contribution in [3.8, 4) is 0 Å². The summed E-state index contributed by atoms with van der Waals surface area (Å²) >= 11 is 0. The molecule has 0 aliphatic heterocycles. The number of rotatable bonds is 2. The van der Waals surface area contributed by atoms with Crippen molar-refractivity contribution in [3.05, 3.63) is 78.2 Å². The molecular formula is C22H18N3O+. The van der Waals surface area contributed by atoms with Crippen LogP contribution in [0.25, 0.3) is 32.7 Å². The number of para-hydroxylation sites is 2. The first-order chi connectivity index (χ1) is 12.7. The van der Waals surface area contributed by atoms with Crippen molar-refractivity contribution in [1.29, 1.82) is 0 Å². The summed E-state index contributed by atoms with van der Waals surface area (Å²) in [5.74, 6) is 0.0291. The number of hydrogen-bond donors (Lipinski definition) is 1. The van der Waals surface area contributed by atoms with E-state index in [-0.39, 0.29) is 5.78 Å². The van der Waals surface area contributed by atoms with E-state index in [0.29, 0.717) is 11.3 Å². The first-order valence-corrected chi connectivity index (χ1v) is 8.63. The van der Waals surface area contributed by atoms with Crippen LogP contribution in [0.15, 0.2) is 67.0 Å². The van der Waals surface area contributed by atoms with Crippen LogP contribution >= 0.6 is 0 Å². The molecule has 0 fully saturated rings. The molecule has 0 amide bonds. The van der Waals surface area contributed by atoms with Crippen LogP contribution in [0.2, 0.25) is 0 Å². The van der Waals surface area contributed by atoms with Crippen LogP contribution in [-0.2, 0) is 14.1 Å². The quantitative estimate of drug-likeness (QED) is 0.385. The van der Waals surface area contributed by atoms with Crippen molar-refractivity contribution in [2.75, 3.05) is 0 Å². The third kappa shape index (κ3) is 1.90. The Morgan fingerprint density at radius 1 is 0.962 bits per heavy atom. The average molecular weight is 340 g/mol. The normalized spacial score (nSPS) is 11.6. The highest BCUT2D eigenvalue weighted by molar-refractivity contribution is 6.21. The molecule has 0 unspecified atom stereocenters. The Morgan fingerprint density at radius 2 is 1.69 bits per heavy atom. The van der Waals surface area contributed by atoms with Gasteiger partial charge in [0.15, 0.2) is 6.20 Å². The Bertz CT molecular complexity index is 1320. The lowest BCUT2D eigenvalue weighted by atomic mass is 10.0. The number of benzene rings is 2. The zero-order valence-corrected chi connectivity index (χ0v) is 14.7. The topological polar surface area (TPSA) is 41.7 Å². The van der Waals surface area contributed by atoms with Gasteiger partial charge in [-0.2, -0.15) is 4.57 Å². The highest BCUT2D eigenvalue weighted by Crippen LogP contribution is 2.30. The molecule has 0 aliphatic carbocycles. The lowest BCUT2D eigenvalue weighted by Gasteiger charge is -2.04. The fourth-order valence-corrected chi connectivity index (χ4v) is 3.96. The van der Waals surface area contributed by atoms with Gasteiger partial charge >= 0.3 is 0 Å². The van der Waals surface area contributed by atoms with Crippen LogP contribution in [0.3, 0.4) is 0 Å². The van der Waals surface area contributed by atoms with Gasteiger partial charge in [0.2, 0.25) is 0 Å². The average Bonchev–Trinajstić information content (AvgIpc) is 3.22. The summed E-state index contributed by atoms with van der Waals surface area (Å²) in [6.45, 7) is 0. The first kappa shape index (κ1) is 14.9. The molecule has 0 atom stereocenters. The van der Waals surface area contributed by atoms with Gasteiger partial charge in [-0.25, -0.2) is 0 Å². The number of pyridine rings is 1. The summed E-state index contributed by atoms with van der Waals surface area (Å²) in [5, 5.41) is 3.22. The van der Waals surface area contributed by atoms with Crippen LogP contribution in [0, 0.1) is 0 Å². The number of ketones is 1. The standard InChI is InChI=1S/C22H17N3O/c1-24-12-11-16-15-8-4-6-10-19(15)25(2)20(16)21(24)22(26)17-13-23-18-9-5-3-7-14(17)18/h3-13H,1-2H3/p+1. The number of aromatic amines is 1. The molecule has 3 heterocycles. The van der Waals surface area contributed by atoms with Crippen molar-refractivity contribution >= 4 is 38.5 Å². The fraction of sp³-hybridized carbons (Fsp3) is 0.0909. The Morgan fingerprint density at radius 3 is 2.54 bits per heavy atom. The molecule has 0 aliphatic rings. The van der Waals surface area contributed by atoms with E-state index < -0.39 is 0 Å². The van der Waals surface area contributed by atoms with Crippen molar-refractivity contribution in [3.63, 3.8) is 0 Å². The second-order valence-corrected chi connectivity index (χ2v) is 6.69. The molecule has 3 aromatic heterocycles. The van der Waals surface area contributed by atoms with Gasteiger partial charge in [-0.15, -0.1) is 0 Å². The smallest absolute Gasteiger partial charge is 0.278 e. The van der Waals surface area contributed by atoms with E-state index in [2.05, 4.69) is 27.8 Å². The maximum absolute atomic E-state index is 13.5. The molecule has 2 aromatic carbocycles. The number of aromatic nitrogens is 3. The lowest BCUT2D eigenvalue weighted by Crippen LogP contribution is -2.36. The van der Waals surface area contributed by atoms with E-state index in [1.165, 1.54) is 5.39 Å². The monoisotopic (exact) mass is 340 g/mol. The molecule has 126 valence electrons. The van der Waals surface area contributed by atoms with Gasteiger partial charge in [-0.1, -0.05) is 36.4 Å². The number of hydrogen-bond acceptors (Lipinski definition) is 1. The number of nitrogens with zero attached hydrogens (tertiary/aromatic N) is 2. The zero-order valence-electron chi connectivity index (χ0n) is 14.7. The van der Waals surface area contributed by atoms with Gasteiger partial charge in [-0.3, -0.25) is 4.79 Å². The summed E-state index contributed by atoms with van der Waals surface area (Å²) in [5.41, 5.74) is 4.47. The molecule has 0 saturated carbocycles. The minimum Gasteiger partial charge on any atom is -0.360 e. The van der Waals surface area contributed by atoms with Gasteiger partial charge in [0, 0.05) is 46.5 Å². The summed E-state index contributed by atoms with van der Waals surface area (Å²) in [4.78, 5) is 16.7. The molecule has 5 aromatic rings. The molecule has 1 N–H and O–H groups in total.